The summed E-state index contributed by atoms with van der Waals surface area (Å²) in [5, 5.41) is 10.4. The van der Waals surface area contributed by atoms with Crippen molar-refractivity contribution < 1.29 is 0 Å². The quantitative estimate of drug-likeness (QED) is 0.143. The second-order valence-electron chi connectivity index (χ2n) is 14.7. The van der Waals surface area contributed by atoms with E-state index < -0.39 is 0 Å². The van der Waals surface area contributed by atoms with Crippen LogP contribution in [-0.4, -0.2) is 29.9 Å². The summed E-state index contributed by atoms with van der Waals surface area (Å²) in [5.74, 6) is 3.63. The Morgan fingerprint density at radius 2 is 0.565 bits per heavy atom. The van der Waals surface area contributed by atoms with Gasteiger partial charge in [0.15, 0.2) is 34.9 Å². The number of hydrogen-bond donors (Lipinski definition) is 0. The number of nitriles is 1. The maximum Gasteiger partial charge on any atom is 0.164 e. The molecule has 0 aliphatic heterocycles. The molecule has 7 heteroatoms. The average Bonchev–Trinajstić information content (AvgIpc) is 3.37. The predicted molar refractivity (Wildman–Crippen MR) is 247 cm³/mol. The maximum atomic E-state index is 10.4. The van der Waals surface area contributed by atoms with Gasteiger partial charge >= 0.3 is 0 Å². The van der Waals surface area contributed by atoms with Crippen LogP contribution >= 0.6 is 0 Å². The number of nitrogens with zero attached hydrogens (tertiary/aromatic N) is 7. The fraction of sp³-hybridized carbons (Fsp3) is 0. The van der Waals surface area contributed by atoms with Gasteiger partial charge in [-0.25, -0.2) is 29.9 Å². The highest BCUT2D eigenvalue weighted by Gasteiger charge is 2.17. The molecule has 0 aliphatic rings. The lowest BCUT2D eigenvalue weighted by Crippen LogP contribution is -2.00. The minimum atomic E-state index is 0.581. The van der Waals surface area contributed by atoms with Crippen LogP contribution in [0.3, 0.4) is 0 Å². The molecular formula is C55H35N7. The number of rotatable bonds is 9. The Kier molecular flexibility index (Phi) is 10.2. The van der Waals surface area contributed by atoms with Gasteiger partial charge in [0.25, 0.3) is 0 Å². The standard InChI is InChI=1S/C55H35N7/c56-36-47-25-14-26-48(38-29-33-44(34-30-38)55-61-52(41-19-9-3-10-20-41)58-53(62-55)42-21-11-4-12-22-42)49(47)46-24-13-23-45(35-46)37-27-31-43(32-28-37)54-59-50(39-15-5-1-6-16-39)57-51(60-54)40-17-7-2-8-18-40/h1-35H. The molecule has 290 valence electrons. The number of hydrogen-bond acceptors (Lipinski definition) is 7. The van der Waals surface area contributed by atoms with Gasteiger partial charge in [-0.05, 0) is 39.9 Å². The monoisotopic (exact) mass is 793 g/mol. The minimum absolute atomic E-state index is 0.581. The molecule has 0 spiro atoms. The maximum absolute atomic E-state index is 10.4. The van der Waals surface area contributed by atoms with Crippen molar-refractivity contribution in [2.45, 2.75) is 0 Å². The van der Waals surface area contributed by atoms with E-state index in [2.05, 4.69) is 66.7 Å². The van der Waals surface area contributed by atoms with E-state index in [0.717, 1.165) is 66.8 Å². The predicted octanol–water partition coefficient (Wildman–Crippen LogP) is 12.9. The highest BCUT2D eigenvalue weighted by molar-refractivity contribution is 5.89. The van der Waals surface area contributed by atoms with Crippen molar-refractivity contribution in [3.63, 3.8) is 0 Å². The van der Waals surface area contributed by atoms with E-state index in [0.29, 0.717) is 40.5 Å². The van der Waals surface area contributed by atoms with E-state index in [-0.39, 0.29) is 0 Å². The first-order valence-corrected chi connectivity index (χ1v) is 20.3. The highest BCUT2D eigenvalue weighted by atomic mass is 15.0. The zero-order valence-electron chi connectivity index (χ0n) is 33.3. The lowest BCUT2D eigenvalue weighted by Gasteiger charge is -2.14. The van der Waals surface area contributed by atoms with E-state index >= 15 is 0 Å². The van der Waals surface area contributed by atoms with Gasteiger partial charge in [0, 0.05) is 38.9 Å². The summed E-state index contributed by atoms with van der Waals surface area (Å²) in [5.41, 5.74) is 11.8. The SMILES string of the molecule is N#Cc1cccc(-c2ccc(-c3nc(-c4ccccc4)nc(-c4ccccc4)n3)cc2)c1-c1cccc(-c2ccc(-c3nc(-c4ccccc4)nc(-c4ccccc4)n3)cc2)c1. The molecule has 0 aliphatic carbocycles. The summed E-state index contributed by atoms with van der Waals surface area (Å²) in [6, 6.07) is 73.0. The van der Waals surface area contributed by atoms with Crippen LogP contribution in [0.1, 0.15) is 5.56 Å². The third-order valence-electron chi connectivity index (χ3n) is 10.7. The van der Waals surface area contributed by atoms with Gasteiger partial charge in [-0.15, -0.1) is 0 Å². The zero-order chi connectivity index (χ0) is 41.7. The smallest absolute Gasteiger partial charge is 0.164 e. The second-order valence-corrected chi connectivity index (χ2v) is 14.7. The van der Waals surface area contributed by atoms with Gasteiger partial charge in [0.1, 0.15) is 0 Å². The first-order chi connectivity index (χ1) is 30.7. The summed E-state index contributed by atoms with van der Waals surface area (Å²) in [4.78, 5) is 29.3. The Morgan fingerprint density at radius 3 is 0.952 bits per heavy atom. The lowest BCUT2D eigenvalue weighted by atomic mass is 9.89. The molecule has 8 aromatic carbocycles. The Bertz CT molecular complexity index is 3090. The molecule has 0 amide bonds. The van der Waals surface area contributed by atoms with Crippen molar-refractivity contribution in [2.75, 3.05) is 0 Å². The zero-order valence-corrected chi connectivity index (χ0v) is 33.3. The molecule has 0 N–H and O–H groups in total. The molecule has 0 saturated carbocycles. The molecule has 0 saturated heterocycles. The van der Waals surface area contributed by atoms with Crippen LogP contribution in [0.15, 0.2) is 212 Å². The largest absolute Gasteiger partial charge is 0.208 e. The molecule has 0 fully saturated rings. The van der Waals surface area contributed by atoms with Gasteiger partial charge in [-0.3, -0.25) is 0 Å². The Hall–Kier alpha value is -8.73. The molecular weight excluding hydrogens is 759 g/mol. The average molecular weight is 794 g/mol. The van der Waals surface area contributed by atoms with Crippen molar-refractivity contribution in [2.24, 2.45) is 0 Å². The van der Waals surface area contributed by atoms with Gasteiger partial charge in [-0.2, -0.15) is 5.26 Å². The molecule has 62 heavy (non-hydrogen) atoms. The van der Waals surface area contributed by atoms with Crippen LogP contribution in [0.5, 0.6) is 0 Å². The molecule has 0 atom stereocenters. The fourth-order valence-corrected chi connectivity index (χ4v) is 7.54. The van der Waals surface area contributed by atoms with Crippen molar-refractivity contribution in [3.8, 4) is 108 Å². The van der Waals surface area contributed by atoms with Crippen molar-refractivity contribution in [1.29, 1.82) is 5.26 Å². The van der Waals surface area contributed by atoms with Crippen LogP contribution in [-0.2, 0) is 0 Å². The fourth-order valence-electron chi connectivity index (χ4n) is 7.54. The van der Waals surface area contributed by atoms with Crippen molar-refractivity contribution in [3.05, 3.63) is 218 Å². The van der Waals surface area contributed by atoms with E-state index in [1.54, 1.807) is 0 Å². The summed E-state index contributed by atoms with van der Waals surface area (Å²) in [6.07, 6.45) is 0. The van der Waals surface area contributed by atoms with Crippen molar-refractivity contribution >= 4 is 0 Å². The topological polar surface area (TPSA) is 101 Å². The van der Waals surface area contributed by atoms with Gasteiger partial charge in [-0.1, -0.05) is 200 Å². The Balaban J connectivity index is 0.980. The Labute approximate surface area is 359 Å². The summed E-state index contributed by atoms with van der Waals surface area (Å²) in [7, 11) is 0. The van der Waals surface area contributed by atoms with Crippen LogP contribution in [0.4, 0.5) is 0 Å². The molecule has 2 aromatic heterocycles. The third-order valence-corrected chi connectivity index (χ3v) is 10.7. The first kappa shape index (κ1) is 37.5. The van der Waals surface area contributed by atoms with Gasteiger partial charge in [0.2, 0.25) is 0 Å². The molecule has 2 heterocycles. The summed E-state index contributed by atoms with van der Waals surface area (Å²) in [6.45, 7) is 0. The van der Waals surface area contributed by atoms with E-state index in [1.165, 1.54) is 0 Å². The summed E-state index contributed by atoms with van der Waals surface area (Å²) >= 11 is 0. The molecule has 0 unspecified atom stereocenters. The second kappa shape index (κ2) is 16.9. The third kappa shape index (κ3) is 7.75. The van der Waals surface area contributed by atoms with E-state index in [1.807, 2.05) is 152 Å². The normalized spacial score (nSPS) is 10.9. The van der Waals surface area contributed by atoms with Crippen LogP contribution in [0, 0.1) is 11.3 Å². The molecule has 10 aromatic rings. The van der Waals surface area contributed by atoms with Crippen LogP contribution in [0.25, 0.3) is 102 Å². The first-order valence-electron chi connectivity index (χ1n) is 20.3. The molecule has 0 radical (unpaired) electrons. The summed E-state index contributed by atoms with van der Waals surface area (Å²) < 4.78 is 0. The van der Waals surface area contributed by atoms with Crippen molar-refractivity contribution in [1.82, 2.24) is 29.9 Å². The van der Waals surface area contributed by atoms with Gasteiger partial charge < -0.3 is 0 Å². The van der Waals surface area contributed by atoms with Crippen LogP contribution in [0.2, 0.25) is 0 Å². The Morgan fingerprint density at radius 1 is 0.258 bits per heavy atom. The van der Waals surface area contributed by atoms with E-state index in [9.17, 15) is 5.26 Å². The molecule has 10 rings (SSSR count). The number of aromatic nitrogens is 6. The number of benzene rings is 8. The van der Waals surface area contributed by atoms with E-state index in [4.69, 9.17) is 29.9 Å². The highest BCUT2D eigenvalue weighted by Crippen LogP contribution is 2.38. The van der Waals surface area contributed by atoms with Crippen LogP contribution < -0.4 is 0 Å². The minimum Gasteiger partial charge on any atom is -0.208 e. The lowest BCUT2D eigenvalue weighted by molar-refractivity contribution is 1.07. The molecule has 7 nitrogen and oxygen atoms in total. The molecule has 0 bridgehead atoms. The van der Waals surface area contributed by atoms with Gasteiger partial charge in [0.05, 0.1) is 11.6 Å².